The zero-order valence-electron chi connectivity index (χ0n) is 13.5. The van der Waals surface area contributed by atoms with E-state index in [2.05, 4.69) is 41.0 Å². The van der Waals surface area contributed by atoms with Gasteiger partial charge in [0.15, 0.2) is 0 Å². The van der Waals surface area contributed by atoms with Crippen LogP contribution in [0.3, 0.4) is 0 Å². The summed E-state index contributed by atoms with van der Waals surface area (Å²) in [6.45, 7) is 3.19. The molecule has 23 heavy (non-hydrogen) atoms. The lowest BCUT2D eigenvalue weighted by Gasteiger charge is -2.19. The van der Waals surface area contributed by atoms with Gasteiger partial charge in [0.1, 0.15) is 18.8 Å². The number of benzene rings is 2. The number of aryl methyl sites for hydroxylation is 1. The molecule has 2 aromatic rings. The van der Waals surface area contributed by atoms with E-state index in [9.17, 15) is 0 Å². The van der Waals surface area contributed by atoms with Crippen molar-refractivity contribution in [3.63, 3.8) is 0 Å². The Morgan fingerprint density at radius 1 is 0.913 bits per heavy atom. The molecule has 0 saturated carbocycles. The molecule has 2 nitrogen and oxygen atoms in total. The van der Waals surface area contributed by atoms with Crippen LogP contribution in [0.1, 0.15) is 36.0 Å². The minimum atomic E-state index is 0.809. The first kappa shape index (κ1) is 13.4. The van der Waals surface area contributed by atoms with Gasteiger partial charge in [0, 0.05) is 30.0 Å². The van der Waals surface area contributed by atoms with Gasteiger partial charge in [-0.05, 0) is 30.0 Å². The molecule has 2 aromatic carbocycles. The van der Waals surface area contributed by atoms with Crippen LogP contribution in [0.25, 0.3) is 5.57 Å². The molecule has 0 radical (unpaired) electrons. The van der Waals surface area contributed by atoms with Crippen LogP contribution in [0, 0.1) is 0 Å². The predicted octanol–water partition coefficient (Wildman–Crippen LogP) is 2.05. The number of fused-ring (bicyclic) bond motifs is 2. The third-order valence-electron chi connectivity index (χ3n) is 5.55. The first-order valence-electron chi connectivity index (χ1n) is 8.90. The maximum atomic E-state index is 6.18. The van der Waals surface area contributed by atoms with Crippen LogP contribution in [0.15, 0.2) is 36.4 Å². The molecule has 116 valence electrons. The average Bonchev–Trinajstić information content (AvgIpc) is 2.93. The smallest absolute Gasteiger partial charge is 0.210 e. The highest BCUT2D eigenvalue weighted by Gasteiger charge is 2.29. The molecule has 3 aliphatic heterocycles. The summed E-state index contributed by atoms with van der Waals surface area (Å²) in [6, 6.07) is 13.3. The van der Waals surface area contributed by atoms with Crippen molar-refractivity contribution in [2.75, 3.05) is 19.7 Å². The zero-order valence-corrected chi connectivity index (χ0v) is 13.5. The molecule has 3 heterocycles. The lowest BCUT2D eigenvalue weighted by atomic mass is 9.93. The highest BCUT2D eigenvalue weighted by Crippen LogP contribution is 2.25. The van der Waals surface area contributed by atoms with E-state index >= 15 is 0 Å². The van der Waals surface area contributed by atoms with Crippen molar-refractivity contribution in [2.45, 2.75) is 32.1 Å². The minimum absolute atomic E-state index is 0.809. The molecule has 3 aliphatic rings. The monoisotopic (exact) mass is 304 g/mol. The molecule has 2 heteroatoms. The van der Waals surface area contributed by atoms with Crippen molar-refractivity contribution in [3.8, 4) is 5.75 Å². The van der Waals surface area contributed by atoms with E-state index in [0.29, 0.717) is 0 Å². The van der Waals surface area contributed by atoms with Gasteiger partial charge in [0.05, 0.1) is 12.2 Å². The van der Waals surface area contributed by atoms with Gasteiger partial charge in [-0.2, -0.15) is 0 Å². The van der Waals surface area contributed by atoms with Crippen molar-refractivity contribution < 1.29 is 4.74 Å². The Kier molecular flexibility index (Phi) is 3.04. The Labute approximate surface area is 136 Å². The summed E-state index contributed by atoms with van der Waals surface area (Å²) < 4.78 is 8.78. The first-order valence-corrected chi connectivity index (χ1v) is 8.90. The molecular formula is C21H22NO+. The molecule has 0 aromatic heterocycles. The summed E-state index contributed by atoms with van der Waals surface area (Å²) in [5, 5.41) is 2.87. The van der Waals surface area contributed by atoms with Gasteiger partial charge in [-0.25, -0.2) is 4.58 Å². The number of hydrogen-bond donors (Lipinski definition) is 0. The Bertz CT molecular complexity index is 896. The third kappa shape index (κ3) is 2.04. The summed E-state index contributed by atoms with van der Waals surface area (Å²) in [6.07, 6.45) is 6.00. The summed E-state index contributed by atoms with van der Waals surface area (Å²) >= 11 is 0. The Morgan fingerprint density at radius 2 is 1.83 bits per heavy atom. The Morgan fingerprint density at radius 3 is 2.74 bits per heavy atom. The standard InChI is InChI=1S/C21H22NO/c1-2-6-15(7-3-1)17-10-13-23-21-18-9-12-22-11-5-4-8-16(20(18)22)14-19(17)21/h1-3,6-7,14H,4-5,8-13H2/q+1. The Balaban J connectivity index is 1.86. The zero-order chi connectivity index (χ0) is 15.2. The van der Waals surface area contributed by atoms with E-state index in [1.54, 1.807) is 5.56 Å². The largest absolute Gasteiger partial charge is 0.492 e. The SMILES string of the molecule is c1ccc(C2=c3cc4c5c(c3OCC2)CC[N+]=5CCCC4)cc1. The van der Waals surface area contributed by atoms with Crippen molar-refractivity contribution in [1.82, 2.24) is 4.58 Å². The fourth-order valence-corrected chi connectivity index (χ4v) is 4.51. The highest BCUT2D eigenvalue weighted by atomic mass is 16.5. The molecule has 0 saturated heterocycles. The van der Waals surface area contributed by atoms with E-state index in [0.717, 1.165) is 19.4 Å². The van der Waals surface area contributed by atoms with E-state index < -0.39 is 0 Å². The fourth-order valence-electron chi connectivity index (χ4n) is 4.51. The molecule has 0 spiro atoms. The number of rotatable bonds is 1. The molecule has 0 unspecified atom stereocenters. The Hall–Kier alpha value is -2.09. The van der Waals surface area contributed by atoms with Gasteiger partial charge in [0.25, 0.3) is 0 Å². The average molecular weight is 304 g/mol. The first-order chi connectivity index (χ1) is 11.4. The number of nitrogens with zero attached hydrogens (tertiary/aromatic N) is 1. The molecule has 0 amide bonds. The van der Waals surface area contributed by atoms with Crippen molar-refractivity contribution in [2.24, 2.45) is 0 Å². The van der Waals surface area contributed by atoms with E-state index in [1.165, 1.54) is 65.4 Å². The minimum Gasteiger partial charge on any atom is -0.492 e. The highest BCUT2D eigenvalue weighted by molar-refractivity contribution is 5.69. The van der Waals surface area contributed by atoms with Gasteiger partial charge < -0.3 is 4.74 Å². The van der Waals surface area contributed by atoms with Crippen LogP contribution in [-0.2, 0) is 12.8 Å². The second-order valence-electron chi connectivity index (χ2n) is 6.88. The van der Waals surface area contributed by atoms with Gasteiger partial charge in [-0.1, -0.05) is 30.3 Å². The van der Waals surface area contributed by atoms with Crippen LogP contribution in [0.2, 0.25) is 0 Å². The summed E-state index contributed by atoms with van der Waals surface area (Å²) in [5.74, 6) is 1.18. The van der Waals surface area contributed by atoms with Crippen molar-refractivity contribution >= 4 is 5.57 Å². The summed E-state index contributed by atoms with van der Waals surface area (Å²) in [5.41, 5.74) is 5.85. The van der Waals surface area contributed by atoms with Crippen LogP contribution in [-0.4, -0.2) is 19.7 Å². The fraction of sp³-hybridized carbons (Fsp3) is 0.381. The van der Waals surface area contributed by atoms with Crippen LogP contribution in [0.4, 0.5) is 0 Å². The third-order valence-corrected chi connectivity index (χ3v) is 5.55. The molecule has 0 fully saturated rings. The van der Waals surface area contributed by atoms with E-state index in [4.69, 9.17) is 4.74 Å². The van der Waals surface area contributed by atoms with Crippen LogP contribution in [0.5, 0.6) is 5.75 Å². The maximum absolute atomic E-state index is 6.18. The molecule has 0 atom stereocenters. The maximum Gasteiger partial charge on any atom is 0.210 e. The second kappa shape index (κ2) is 5.23. The molecular weight excluding hydrogens is 282 g/mol. The van der Waals surface area contributed by atoms with Crippen molar-refractivity contribution in [3.05, 3.63) is 63.7 Å². The lowest BCUT2D eigenvalue weighted by Crippen LogP contribution is -2.32. The second-order valence-corrected chi connectivity index (χ2v) is 6.88. The number of ether oxygens (including phenoxy) is 1. The van der Waals surface area contributed by atoms with Gasteiger partial charge in [-0.15, -0.1) is 0 Å². The van der Waals surface area contributed by atoms with Crippen molar-refractivity contribution in [1.29, 1.82) is 0 Å². The molecule has 5 rings (SSSR count). The summed E-state index contributed by atoms with van der Waals surface area (Å²) in [4.78, 5) is 0. The topological polar surface area (TPSA) is 12.2 Å². The summed E-state index contributed by atoms with van der Waals surface area (Å²) in [7, 11) is 0. The van der Waals surface area contributed by atoms with Crippen LogP contribution >= 0.6 is 0 Å². The predicted molar refractivity (Wildman–Crippen MR) is 92.4 cm³/mol. The normalized spacial score (nSPS) is 19.0. The van der Waals surface area contributed by atoms with Crippen LogP contribution < -0.4 is 19.9 Å². The number of hydrogen-bond acceptors (Lipinski definition) is 1. The molecule has 0 aliphatic carbocycles. The van der Waals surface area contributed by atoms with Gasteiger partial charge in [-0.3, -0.25) is 0 Å². The van der Waals surface area contributed by atoms with E-state index in [-0.39, 0.29) is 0 Å². The molecule has 0 bridgehead atoms. The van der Waals surface area contributed by atoms with Gasteiger partial charge >= 0.3 is 0 Å². The molecule has 0 N–H and O–H groups in total. The van der Waals surface area contributed by atoms with E-state index in [1.807, 2.05) is 0 Å². The quantitative estimate of drug-likeness (QED) is 0.735. The lowest BCUT2D eigenvalue weighted by molar-refractivity contribution is 0.312. The van der Waals surface area contributed by atoms with Gasteiger partial charge in [0.2, 0.25) is 5.36 Å².